The number of carbonyl (C=O) groups excluding carboxylic acids is 3. The number of nitrogens with zero attached hydrogens (tertiary/aromatic N) is 1. The fourth-order valence-electron chi connectivity index (χ4n) is 2.71. The van der Waals surface area contributed by atoms with E-state index in [-0.39, 0.29) is 16.4 Å². The highest BCUT2D eigenvalue weighted by atomic mass is 35.5. The van der Waals surface area contributed by atoms with Gasteiger partial charge in [-0.25, -0.2) is 8.42 Å². The Bertz CT molecular complexity index is 913. The van der Waals surface area contributed by atoms with Crippen LogP contribution in [0.15, 0.2) is 29.2 Å². The van der Waals surface area contributed by atoms with Crippen molar-refractivity contribution in [1.29, 1.82) is 0 Å². The molecule has 1 aromatic carbocycles. The van der Waals surface area contributed by atoms with E-state index in [1.165, 1.54) is 6.08 Å². The van der Waals surface area contributed by atoms with E-state index in [0.717, 1.165) is 16.7 Å². The number of hydrogen-bond acceptors (Lipinski definition) is 6. The highest BCUT2D eigenvalue weighted by Gasteiger charge is 2.37. The van der Waals surface area contributed by atoms with Gasteiger partial charge in [0, 0.05) is 11.1 Å². The van der Waals surface area contributed by atoms with Crippen molar-refractivity contribution in [2.75, 3.05) is 18.1 Å². The number of sulfone groups is 1. The molecule has 0 aliphatic carbocycles. The van der Waals surface area contributed by atoms with Crippen LogP contribution in [0.2, 0.25) is 5.02 Å². The molecule has 0 aromatic heterocycles. The number of thioether (sulfide) groups is 1. The molecular weight excluding hydrogens is 400 g/mol. The minimum absolute atomic E-state index is 0.0297. The van der Waals surface area contributed by atoms with Crippen molar-refractivity contribution in [3.63, 3.8) is 0 Å². The quantitative estimate of drug-likeness (QED) is 0.752. The molecule has 2 fully saturated rings. The summed E-state index contributed by atoms with van der Waals surface area (Å²) in [7, 11) is -3.12. The summed E-state index contributed by atoms with van der Waals surface area (Å²) in [6.07, 6.45) is 1.88. The maximum atomic E-state index is 12.4. The predicted octanol–water partition coefficient (Wildman–Crippen LogP) is 1.68. The molecule has 3 rings (SSSR count). The Balaban J connectivity index is 1.65. The summed E-state index contributed by atoms with van der Waals surface area (Å²) in [5.41, 5.74) is 0.670. The monoisotopic (exact) mass is 414 g/mol. The zero-order chi connectivity index (χ0) is 18.9. The maximum absolute atomic E-state index is 12.4. The zero-order valence-electron chi connectivity index (χ0n) is 13.5. The van der Waals surface area contributed by atoms with E-state index in [1.807, 2.05) is 0 Å². The molecule has 138 valence electrons. The van der Waals surface area contributed by atoms with E-state index >= 15 is 0 Å². The van der Waals surface area contributed by atoms with Crippen molar-refractivity contribution in [3.8, 4) is 0 Å². The van der Waals surface area contributed by atoms with Gasteiger partial charge < -0.3 is 5.32 Å². The van der Waals surface area contributed by atoms with E-state index in [9.17, 15) is 22.8 Å². The first-order valence-corrected chi connectivity index (χ1v) is 10.8. The summed E-state index contributed by atoms with van der Waals surface area (Å²) in [6.45, 7) is -0.436. The first-order chi connectivity index (χ1) is 12.2. The van der Waals surface area contributed by atoms with Crippen LogP contribution in [0.25, 0.3) is 6.08 Å². The number of amides is 3. The number of imide groups is 1. The van der Waals surface area contributed by atoms with Gasteiger partial charge in [-0.1, -0.05) is 23.7 Å². The molecule has 2 heterocycles. The van der Waals surface area contributed by atoms with Crippen LogP contribution in [0.1, 0.15) is 12.0 Å². The summed E-state index contributed by atoms with van der Waals surface area (Å²) in [5, 5.41) is 2.52. The minimum atomic E-state index is -3.12. The van der Waals surface area contributed by atoms with Gasteiger partial charge in [0.2, 0.25) is 5.91 Å². The lowest BCUT2D eigenvalue weighted by Gasteiger charge is -2.15. The van der Waals surface area contributed by atoms with Gasteiger partial charge in [0.15, 0.2) is 9.84 Å². The van der Waals surface area contributed by atoms with E-state index < -0.39 is 39.5 Å². The zero-order valence-corrected chi connectivity index (χ0v) is 15.9. The van der Waals surface area contributed by atoms with E-state index in [1.54, 1.807) is 24.3 Å². The van der Waals surface area contributed by atoms with Gasteiger partial charge >= 0.3 is 0 Å². The highest BCUT2D eigenvalue weighted by molar-refractivity contribution is 8.18. The lowest BCUT2D eigenvalue weighted by atomic mass is 10.2. The van der Waals surface area contributed by atoms with Crippen LogP contribution in [0, 0.1) is 0 Å². The fourth-order valence-corrected chi connectivity index (χ4v) is 5.42. The molecule has 2 aliphatic rings. The second-order valence-corrected chi connectivity index (χ2v) is 9.65. The van der Waals surface area contributed by atoms with Crippen molar-refractivity contribution in [2.24, 2.45) is 0 Å². The number of carbonyl (C=O) groups is 3. The highest BCUT2D eigenvalue weighted by Crippen LogP contribution is 2.32. The molecule has 3 amide bonds. The van der Waals surface area contributed by atoms with Crippen molar-refractivity contribution in [3.05, 3.63) is 39.8 Å². The van der Waals surface area contributed by atoms with Crippen LogP contribution < -0.4 is 5.32 Å². The molecule has 0 unspecified atom stereocenters. The number of benzene rings is 1. The molecule has 26 heavy (non-hydrogen) atoms. The maximum Gasteiger partial charge on any atom is 0.294 e. The van der Waals surface area contributed by atoms with Gasteiger partial charge in [-0.15, -0.1) is 0 Å². The number of halogens is 1. The normalized spacial score (nSPS) is 23.7. The third-order valence-corrected chi connectivity index (χ3v) is 6.83. The SMILES string of the molecule is O=C(CN1C(=O)S/C(=C\c2cccc(Cl)c2)C1=O)N[C@H]1CCS(=O)(=O)C1. The standard InChI is InChI=1S/C16H15ClN2O5S2/c17-11-3-1-2-10(6-11)7-13-15(21)19(16(22)25-13)8-14(20)18-12-4-5-26(23,24)9-12/h1-3,6-7,12H,4-5,8-9H2,(H,18,20)/b13-7-/t12-/m0/s1. The van der Waals surface area contributed by atoms with Crippen LogP contribution in [-0.4, -0.2) is 54.5 Å². The number of rotatable bonds is 4. The Morgan fingerprint density at radius 1 is 1.38 bits per heavy atom. The Kier molecular flexibility index (Phi) is 5.40. The first-order valence-electron chi connectivity index (χ1n) is 7.74. The molecule has 0 spiro atoms. The Hall–Kier alpha value is -1.84. The van der Waals surface area contributed by atoms with E-state index in [0.29, 0.717) is 17.0 Å². The molecule has 0 radical (unpaired) electrons. The van der Waals surface area contributed by atoms with Crippen LogP contribution in [0.5, 0.6) is 0 Å². The molecule has 2 aliphatic heterocycles. The third kappa shape index (κ3) is 4.46. The Morgan fingerprint density at radius 3 is 2.81 bits per heavy atom. The number of hydrogen-bond donors (Lipinski definition) is 1. The molecule has 1 atom stereocenters. The summed E-state index contributed by atoms with van der Waals surface area (Å²) in [5.74, 6) is -1.20. The average molecular weight is 415 g/mol. The molecule has 1 N–H and O–H groups in total. The van der Waals surface area contributed by atoms with E-state index in [4.69, 9.17) is 11.6 Å². The summed E-state index contributed by atoms with van der Waals surface area (Å²) < 4.78 is 22.8. The largest absolute Gasteiger partial charge is 0.351 e. The van der Waals surface area contributed by atoms with Crippen molar-refractivity contribution >= 4 is 56.3 Å². The summed E-state index contributed by atoms with van der Waals surface area (Å²) >= 11 is 6.65. The Labute approximate surface area is 159 Å². The van der Waals surface area contributed by atoms with Crippen LogP contribution in [-0.2, 0) is 19.4 Å². The molecule has 2 saturated heterocycles. The van der Waals surface area contributed by atoms with Crippen molar-refractivity contribution in [2.45, 2.75) is 12.5 Å². The summed E-state index contributed by atoms with van der Waals surface area (Å²) in [6, 6.07) is 6.34. The van der Waals surface area contributed by atoms with Crippen LogP contribution >= 0.6 is 23.4 Å². The molecule has 1 aromatic rings. The van der Waals surface area contributed by atoms with E-state index in [2.05, 4.69) is 5.32 Å². The van der Waals surface area contributed by atoms with Crippen LogP contribution in [0.4, 0.5) is 4.79 Å². The lowest BCUT2D eigenvalue weighted by molar-refractivity contribution is -0.129. The molecule has 0 saturated carbocycles. The average Bonchev–Trinajstić information content (AvgIpc) is 3.01. The topological polar surface area (TPSA) is 101 Å². The molecule has 0 bridgehead atoms. The van der Waals surface area contributed by atoms with Crippen molar-refractivity contribution in [1.82, 2.24) is 10.2 Å². The summed E-state index contributed by atoms with van der Waals surface area (Å²) in [4.78, 5) is 37.6. The molecule has 10 heteroatoms. The van der Waals surface area contributed by atoms with Gasteiger partial charge in [0.1, 0.15) is 6.54 Å². The minimum Gasteiger partial charge on any atom is -0.351 e. The molecular formula is C16H15ClN2O5S2. The van der Waals surface area contributed by atoms with Gasteiger partial charge in [0.05, 0.1) is 16.4 Å². The number of nitrogens with one attached hydrogen (secondary N) is 1. The third-order valence-electron chi connectivity index (χ3n) is 3.92. The van der Waals surface area contributed by atoms with Crippen molar-refractivity contribution < 1.29 is 22.8 Å². The van der Waals surface area contributed by atoms with Gasteiger partial charge in [-0.3, -0.25) is 19.3 Å². The second-order valence-electron chi connectivity index (χ2n) is 5.99. The van der Waals surface area contributed by atoms with Gasteiger partial charge in [0.25, 0.3) is 11.1 Å². The van der Waals surface area contributed by atoms with Gasteiger partial charge in [-0.2, -0.15) is 0 Å². The van der Waals surface area contributed by atoms with Crippen LogP contribution in [0.3, 0.4) is 0 Å². The lowest BCUT2D eigenvalue weighted by Crippen LogP contribution is -2.43. The second kappa shape index (κ2) is 7.42. The Morgan fingerprint density at radius 2 is 2.15 bits per heavy atom. The van der Waals surface area contributed by atoms with Gasteiger partial charge in [-0.05, 0) is 42.0 Å². The molecule has 7 nitrogen and oxygen atoms in total. The predicted molar refractivity (Wildman–Crippen MR) is 99.3 cm³/mol. The fraction of sp³-hybridized carbons (Fsp3) is 0.312. The smallest absolute Gasteiger partial charge is 0.294 e. The first kappa shape index (κ1) is 18.9.